The van der Waals surface area contributed by atoms with Crippen molar-refractivity contribution < 1.29 is 14.3 Å². The molecule has 0 radical (unpaired) electrons. The van der Waals surface area contributed by atoms with Gasteiger partial charge in [0, 0.05) is 6.42 Å². The zero-order chi connectivity index (χ0) is 16.1. The minimum atomic E-state index is -1.91. The van der Waals surface area contributed by atoms with Gasteiger partial charge >= 0.3 is 0 Å². The monoisotopic (exact) mass is 302 g/mol. The highest BCUT2D eigenvalue weighted by Crippen LogP contribution is 2.38. The van der Waals surface area contributed by atoms with Gasteiger partial charge in [0.1, 0.15) is 5.78 Å². The molecule has 0 spiro atoms. The first kappa shape index (κ1) is 19.8. The second-order valence-corrected chi connectivity index (χ2v) is 12.4. The maximum Gasteiger partial charge on any atom is 0.192 e. The normalized spacial score (nSPS) is 17.6. The molecule has 0 fully saturated rings. The van der Waals surface area contributed by atoms with E-state index in [0.717, 1.165) is 6.42 Å². The number of hydrogen-bond acceptors (Lipinski definition) is 3. The first-order chi connectivity index (χ1) is 8.90. The van der Waals surface area contributed by atoms with Crippen LogP contribution in [0.1, 0.15) is 60.8 Å². The van der Waals surface area contributed by atoms with Gasteiger partial charge in [-0.3, -0.25) is 4.79 Å². The molecule has 0 bridgehead atoms. The smallest absolute Gasteiger partial charge is 0.192 e. The molecule has 0 heterocycles. The summed E-state index contributed by atoms with van der Waals surface area (Å²) in [7, 11) is -1.91. The van der Waals surface area contributed by atoms with Gasteiger partial charge < -0.3 is 9.53 Å². The maximum absolute atomic E-state index is 11.5. The lowest BCUT2D eigenvalue weighted by Gasteiger charge is -2.40. The summed E-state index contributed by atoms with van der Waals surface area (Å²) >= 11 is 0. The summed E-state index contributed by atoms with van der Waals surface area (Å²) in [6.07, 6.45) is 1.35. The summed E-state index contributed by atoms with van der Waals surface area (Å²) in [6, 6.07) is 0. The van der Waals surface area contributed by atoms with Crippen molar-refractivity contribution in [1.82, 2.24) is 0 Å². The van der Waals surface area contributed by atoms with E-state index in [1.165, 1.54) is 0 Å². The Bertz CT molecular complexity index is 307. The Morgan fingerprint density at radius 3 is 2.15 bits per heavy atom. The van der Waals surface area contributed by atoms with Gasteiger partial charge in [-0.1, -0.05) is 41.0 Å². The van der Waals surface area contributed by atoms with E-state index < -0.39 is 14.4 Å². The Balaban J connectivity index is 4.86. The fourth-order valence-electron chi connectivity index (χ4n) is 1.86. The minimum absolute atomic E-state index is 0.114. The van der Waals surface area contributed by atoms with Gasteiger partial charge in [0.05, 0.1) is 12.2 Å². The van der Waals surface area contributed by atoms with Crippen LogP contribution in [0.15, 0.2) is 0 Å². The van der Waals surface area contributed by atoms with Crippen LogP contribution in [0.5, 0.6) is 0 Å². The number of ketones is 1. The molecule has 0 rings (SSSR count). The Morgan fingerprint density at radius 1 is 1.30 bits per heavy atom. The molecule has 1 N–H and O–H groups in total. The summed E-state index contributed by atoms with van der Waals surface area (Å²) < 4.78 is 6.34. The summed E-state index contributed by atoms with van der Waals surface area (Å²) in [5.41, 5.74) is 0. The first-order valence-electron chi connectivity index (χ1n) is 7.76. The van der Waals surface area contributed by atoms with Gasteiger partial charge in [-0.25, -0.2) is 0 Å². The topological polar surface area (TPSA) is 46.5 Å². The molecule has 3 nitrogen and oxygen atoms in total. The maximum atomic E-state index is 11.5. The lowest BCUT2D eigenvalue weighted by Crippen LogP contribution is -2.45. The molecule has 0 amide bonds. The van der Waals surface area contributed by atoms with E-state index in [-0.39, 0.29) is 22.8 Å². The van der Waals surface area contributed by atoms with Crippen LogP contribution in [-0.4, -0.2) is 31.4 Å². The lowest BCUT2D eigenvalue weighted by molar-refractivity contribution is -0.119. The average Bonchev–Trinajstić information content (AvgIpc) is 2.24. The molecule has 3 atom stereocenters. The van der Waals surface area contributed by atoms with Gasteiger partial charge in [0.25, 0.3) is 0 Å². The van der Waals surface area contributed by atoms with Crippen molar-refractivity contribution in [2.75, 3.05) is 0 Å². The van der Waals surface area contributed by atoms with E-state index in [9.17, 15) is 9.90 Å². The standard InChI is InChI=1S/C16H34O3Si/c1-9-12(2)15(18)11-14(10-13(3)17)19-20(7,8)16(4,5)6/h12,14-15,18H,9-11H2,1-8H3/t12-,14+,15-/m0/s1. The number of aliphatic hydroxyl groups is 1. The van der Waals surface area contributed by atoms with Crippen LogP contribution in [0.25, 0.3) is 0 Å². The van der Waals surface area contributed by atoms with Crippen LogP contribution in [-0.2, 0) is 9.22 Å². The summed E-state index contributed by atoms with van der Waals surface area (Å²) in [5.74, 6) is 0.373. The number of carbonyl (C=O) groups excluding carboxylic acids is 1. The Kier molecular flexibility index (Phi) is 7.64. The van der Waals surface area contributed by atoms with Gasteiger partial charge in [0.15, 0.2) is 8.32 Å². The highest BCUT2D eigenvalue weighted by atomic mass is 28.4. The first-order valence-corrected chi connectivity index (χ1v) is 10.7. The number of aliphatic hydroxyl groups excluding tert-OH is 1. The highest BCUT2D eigenvalue weighted by molar-refractivity contribution is 6.74. The average molecular weight is 303 g/mol. The largest absolute Gasteiger partial charge is 0.413 e. The third-order valence-corrected chi connectivity index (χ3v) is 9.12. The van der Waals surface area contributed by atoms with Crippen molar-refractivity contribution in [3.63, 3.8) is 0 Å². The molecule has 0 aliphatic heterocycles. The molecule has 4 heteroatoms. The second-order valence-electron chi connectivity index (χ2n) is 7.59. The zero-order valence-corrected chi connectivity index (χ0v) is 15.6. The van der Waals surface area contributed by atoms with Crippen molar-refractivity contribution in [2.24, 2.45) is 5.92 Å². The van der Waals surface area contributed by atoms with Crippen LogP contribution < -0.4 is 0 Å². The summed E-state index contributed by atoms with van der Waals surface area (Å²) in [5, 5.41) is 10.3. The summed E-state index contributed by atoms with van der Waals surface area (Å²) in [6.45, 7) is 16.7. The zero-order valence-electron chi connectivity index (χ0n) is 14.6. The van der Waals surface area contributed by atoms with Gasteiger partial charge in [-0.05, 0) is 37.4 Å². The van der Waals surface area contributed by atoms with Gasteiger partial charge in [0.2, 0.25) is 0 Å². The summed E-state index contributed by atoms with van der Waals surface area (Å²) in [4.78, 5) is 11.5. The Morgan fingerprint density at radius 2 is 1.80 bits per heavy atom. The number of hydrogen-bond donors (Lipinski definition) is 1. The van der Waals surface area contributed by atoms with E-state index in [4.69, 9.17) is 4.43 Å². The predicted molar refractivity (Wildman–Crippen MR) is 87.4 cm³/mol. The van der Waals surface area contributed by atoms with E-state index >= 15 is 0 Å². The van der Waals surface area contributed by atoms with Crippen LogP contribution in [0.4, 0.5) is 0 Å². The molecule has 0 aromatic rings. The van der Waals surface area contributed by atoms with Crippen LogP contribution >= 0.6 is 0 Å². The molecule has 0 unspecified atom stereocenters. The SMILES string of the molecule is CC[C@H](C)[C@@H](O)C[C@@H](CC(C)=O)O[Si](C)(C)C(C)(C)C. The molecule has 120 valence electrons. The molecular weight excluding hydrogens is 268 g/mol. The number of carbonyl (C=O) groups is 1. The van der Waals surface area contributed by atoms with Crippen molar-refractivity contribution in [3.8, 4) is 0 Å². The van der Waals surface area contributed by atoms with Gasteiger partial charge in [-0.15, -0.1) is 0 Å². The van der Waals surface area contributed by atoms with Gasteiger partial charge in [-0.2, -0.15) is 0 Å². The molecule has 0 aromatic heterocycles. The minimum Gasteiger partial charge on any atom is -0.413 e. The van der Waals surface area contributed by atoms with E-state index in [1.54, 1.807) is 6.92 Å². The Labute approximate surface area is 126 Å². The molecular formula is C16H34O3Si. The third kappa shape index (κ3) is 6.51. The van der Waals surface area contributed by atoms with E-state index in [0.29, 0.717) is 12.8 Å². The van der Waals surface area contributed by atoms with Crippen LogP contribution in [0, 0.1) is 5.92 Å². The van der Waals surface area contributed by atoms with E-state index in [2.05, 4.69) is 40.8 Å². The Hall–Kier alpha value is -0.193. The molecule has 0 saturated carbocycles. The molecule has 0 saturated heterocycles. The lowest BCUT2D eigenvalue weighted by atomic mass is 9.95. The van der Waals surface area contributed by atoms with Crippen molar-refractivity contribution >= 4 is 14.1 Å². The predicted octanol–water partition coefficient (Wildman–Crippen LogP) is 4.15. The third-order valence-electron chi connectivity index (χ3n) is 4.59. The highest BCUT2D eigenvalue weighted by Gasteiger charge is 2.39. The van der Waals surface area contributed by atoms with Crippen molar-refractivity contribution in [2.45, 2.75) is 91.1 Å². The molecule has 0 aliphatic carbocycles. The molecule has 20 heavy (non-hydrogen) atoms. The molecule has 0 aromatic carbocycles. The van der Waals surface area contributed by atoms with Crippen molar-refractivity contribution in [1.29, 1.82) is 0 Å². The van der Waals surface area contributed by atoms with Crippen molar-refractivity contribution in [3.05, 3.63) is 0 Å². The molecule has 0 aliphatic rings. The number of Topliss-reactive ketones (excluding diaryl/α,β-unsaturated/α-hetero) is 1. The van der Waals surface area contributed by atoms with Crippen LogP contribution in [0.2, 0.25) is 18.1 Å². The number of rotatable bonds is 8. The fraction of sp³-hybridized carbons (Fsp3) is 0.938. The second kappa shape index (κ2) is 7.71. The van der Waals surface area contributed by atoms with E-state index in [1.807, 2.05) is 6.92 Å². The fourth-order valence-corrected chi connectivity index (χ4v) is 3.23. The quantitative estimate of drug-likeness (QED) is 0.685. The van der Waals surface area contributed by atoms with Crippen LogP contribution in [0.3, 0.4) is 0 Å².